The molecule has 5 nitrogen and oxygen atoms in total. The number of hydrogen-bond acceptors (Lipinski definition) is 4. The third-order valence-corrected chi connectivity index (χ3v) is 4.22. The normalized spacial score (nSPS) is 15.4. The number of methoxy groups -OCH3 is 1. The van der Waals surface area contributed by atoms with Crippen LogP contribution in [0.2, 0.25) is 0 Å². The van der Waals surface area contributed by atoms with Crippen LogP contribution >= 0.6 is 0 Å². The summed E-state index contributed by atoms with van der Waals surface area (Å²) in [6, 6.07) is 12.0. The van der Waals surface area contributed by atoms with Gasteiger partial charge >= 0.3 is 0 Å². The molecule has 126 valence electrons. The first-order valence-electron chi connectivity index (χ1n) is 7.92. The second kappa shape index (κ2) is 7.13. The summed E-state index contributed by atoms with van der Waals surface area (Å²) in [5.74, 6) is 0.635. The molecule has 0 N–H and O–H groups in total. The van der Waals surface area contributed by atoms with Gasteiger partial charge < -0.3 is 4.74 Å². The Morgan fingerprint density at radius 3 is 2.72 bits per heavy atom. The van der Waals surface area contributed by atoms with E-state index in [1.807, 2.05) is 12.1 Å². The predicted molar refractivity (Wildman–Crippen MR) is 95.9 cm³/mol. The number of aryl methyl sites for hydroxylation is 1. The summed E-state index contributed by atoms with van der Waals surface area (Å²) < 4.78 is 5.19. The molecule has 0 heterocycles. The van der Waals surface area contributed by atoms with Crippen molar-refractivity contribution in [1.82, 2.24) is 0 Å². The second-order valence-corrected chi connectivity index (χ2v) is 5.72. The molecule has 0 spiro atoms. The molecule has 0 bridgehead atoms. The average molecular weight is 335 g/mol. The number of rotatable bonds is 4. The highest BCUT2D eigenvalue weighted by molar-refractivity contribution is 6.11. The molecular formula is C20H17NO4. The molecule has 0 atom stereocenters. The molecule has 25 heavy (non-hydrogen) atoms. The molecule has 5 heteroatoms. The van der Waals surface area contributed by atoms with Gasteiger partial charge in [-0.05, 0) is 42.7 Å². The number of allylic oxidation sites excluding steroid dienone is 3. The van der Waals surface area contributed by atoms with Gasteiger partial charge in [0.1, 0.15) is 5.75 Å². The lowest BCUT2D eigenvalue weighted by Gasteiger charge is -2.17. The number of Topliss-reactive ketones (excluding diaryl/α,β-unsaturated/α-hetero) is 1. The lowest BCUT2D eigenvalue weighted by Crippen LogP contribution is -2.14. The molecule has 2 aromatic rings. The minimum Gasteiger partial charge on any atom is -0.497 e. The van der Waals surface area contributed by atoms with Crippen LogP contribution in [-0.2, 0) is 6.42 Å². The van der Waals surface area contributed by atoms with E-state index in [1.54, 1.807) is 49.6 Å². The van der Waals surface area contributed by atoms with Crippen LogP contribution in [0.25, 0.3) is 6.08 Å². The number of ether oxygens (including phenoxy) is 1. The predicted octanol–water partition coefficient (Wildman–Crippen LogP) is 4.37. The van der Waals surface area contributed by atoms with E-state index < -0.39 is 4.92 Å². The van der Waals surface area contributed by atoms with E-state index in [0.29, 0.717) is 28.9 Å². The number of nitro benzene ring substituents is 1. The van der Waals surface area contributed by atoms with Gasteiger partial charge in [-0.2, -0.15) is 0 Å². The van der Waals surface area contributed by atoms with Gasteiger partial charge in [0.05, 0.1) is 17.6 Å². The van der Waals surface area contributed by atoms with Crippen molar-refractivity contribution in [3.63, 3.8) is 0 Å². The quantitative estimate of drug-likeness (QED) is 0.472. The Balaban J connectivity index is 1.85. The minimum atomic E-state index is -0.416. The van der Waals surface area contributed by atoms with E-state index in [2.05, 4.69) is 0 Å². The van der Waals surface area contributed by atoms with Crippen LogP contribution in [0, 0.1) is 10.1 Å². The smallest absolute Gasteiger partial charge is 0.276 e. The first-order chi connectivity index (χ1) is 12.1. The van der Waals surface area contributed by atoms with Crippen LogP contribution in [0.1, 0.15) is 27.9 Å². The Kier molecular flexibility index (Phi) is 4.75. The number of nitro groups is 1. The van der Waals surface area contributed by atoms with Crippen molar-refractivity contribution in [3.8, 4) is 5.75 Å². The Morgan fingerprint density at radius 2 is 1.96 bits per heavy atom. The van der Waals surface area contributed by atoms with Crippen LogP contribution < -0.4 is 4.74 Å². The maximum atomic E-state index is 12.6. The van der Waals surface area contributed by atoms with E-state index in [-0.39, 0.29) is 11.5 Å². The van der Waals surface area contributed by atoms with Crippen molar-refractivity contribution in [2.75, 3.05) is 7.11 Å². The highest BCUT2D eigenvalue weighted by atomic mass is 16.6. The summed E-state index contributed by atoms with van der Waals surface area (Å²) in [6.07, 6.45) is 6.53. The summed E-state index contributed by atoms with van der Waals surface area (Å²) in [4.78, 5) is 23.2. The number of fused-ring (bicyclic) bond motifs is 1. The zero-order chi connectivity index (χ0) is 17.8. The number of carbonyl (C=O) groups is 1. The highest BCUT2D eigenvalue weighted by Gasteiger charge is 2.21. The lowest BCUT2D eigenvalue weighted by atomic mass is 9.86. The molecule has 0 saturated heterocycles. The van der Waals surface area contributed by atoms with E-state index in [1.165, 1.54) is 6.07 Å². The Hall–Kier alpha value is -3.21. The summed E-state index contributed by atoms with van der Waals surface area (Å²) in [7, 11) is 1.57. The van der Waals surface area contributed by atoms with Gasteiger partial charge in [-0.1, -0.05) is 30.4 Å². The van der Waals surface area contributed by atoms with Crippen molar-refractivity contribution >= 4 is 17.5 Å². The van der Waals surface area contributed by atoms with Crippen molar-refractivity contribution in [2.45, 2.75) is 12.8 Å². The van der Waals surface area contributed by atoms with E-state index in [9.17, 15) is 14.9 Å². The molecule has 1 aliphatic carbocycles. The Bertz CT molecular complexity index is 896. The Labute approximate surface area is 145 Å². The maximum absolute atomic E-state index is 12.6. The topological polar surface area (TPSA) is 69.4 Å². The van der Waals surface area contributed by atoms with Crippen LogP contribution in [0.5, 0.6) is 5.75 Å². The molecule has 0 aromatic heterocycles. The lowest BCUT2D eigenvalue weighted by molar-refractivity contribution is -0.385. The fraction of sp³-hybridized carbons (Fsp3) is 0.150. The van der Waals surface area contributed by atoms with Crippen LogP contribution in [0.15, 0.2) is 60.2 Å². The number of benzene rings is 2. The molecule has 0 radical (unpaired) electrons. The molecule has 3 rings (SSSR count). The summed E-state index contributed by atoms with van der Waals surface area (Å²) >= 11 is 0. The number of carbonyl (C=O) groups excluding carboxylic acids is 1. The monoisotopic (exact) mass is 335 g/mol. The molecular weight excluding hydrogens is 318 g/mol. The molecule has 2 aromatic carbocycles. The third-order valence-electron chi connectivity index (χ3n) is 4.22. The molecule has 0 saturated carbocycles. The zero-order valence-corrected chi connectivity index (χ0v) is 13.8. The Morgan fingerprint density at radius 1 is 1.16 bits per heavy atom. The van der Waals surface area contributed by atoms with Gasteiger partial charge in [0.15, 0.2) is 5.78 Å². The van der Waals surface area contributed by atoms with E-state index in [4.69, 9.17) is 4.74 Å². The van der Waals surface area contributed by atoms with Crippen molar-refractivity contribution < 1.29 is 14.5 Å². The van der Waals surface area contributed by atoms with Gasteiger partial charge in [0.25, 0.3) is 5.69 Å². The highest BCUT2D eigenvalue weighted by Crippen LogP contribution is 2.28. The van der Waals surface area contributed by atoms with Gasteiger partial charge in [-0.25, -0.2) is 0 Å². The summed E-state index contributed by atoms with van der Waals surface area (Å²) in [5.41, 5.74) is 2.93. The minimum absolute atomic E-state index is 0.0210. The van der Waals surface area contributed by atoms with Gasteiger partial charge in [0, 0.05) is 17.2 Å². The van der Waals surface area contributed by atoms with E-state index in [0.717, 1.165) is 12.0 Å². The second-order valence-electron chi connectivity index (χ2n) is 5.72. The molecule has 0 unspecified atom stereocenters. The fourth-order valence-electron chi connectivity index (χ4n) is 2.89. The SMILES string of the molecule is COc1ccc2c(c1)C(=O)C(=CC=Cc1ccccc1[N+](=O)[O-])CC2. The summed E-state index contributed by atoms with van der Waals surface area (Å²) in [6.45, 7) is 0. The zero-order valence-electron chi connectivity index (χ0n) is 13.8. The molecule has 1 aliphatic rings. The third kappa shape index (κ3) is 3.50. The molecule has 0 fully saturated rings. The number of ketones is 1. The maximum Gasteiger partial charge on any atom is 0.276 e. The molecule has 0 aliphatic heterocycles. The first kappa shape index (κ1) is 16.6. The van der Waals surface area contributed by atoms with Gasteiger partial charge in [-0.15, -0.1) is 0 Å². The van der Waals surface area contributed by atoms with Gasteiger partial charge in [-0.3, -0.25) is 14.9 Å². The van der Waals surface area contributed by atoms with Crippen LogP contribution in [0.4, 0.5) is 5.69 Å². The van der Waals surface area contributed by atoms with Crippen molar-refractivity contribution in [2.24, 2.45) is 0 Å². The standard InChI is InChI=1S/C20H17NO4/c1-25-17-12-11-14-9-10-16(20(22)18(14)13-17)7-4-6-15-5-2-3-8-19(15)21(23)24/h2-8,11-13H,9-10H2,1H3. The largest absolute Gasteiger partial charge is 0.497 e. The molecule has 0 amide bonds. The number of nitrogens with zero attached hydrogens (tertiary/aromatic N) is 1. The average Bonchev–Trinajstić information content (AvgIpc) is 2.63. The van der Waals surface area contributed by atoms with Gasteiger partial charge in [0.2, 0.25) is 0 Å². The van der Waals surface area contributed by atoms with E-state index >= 15 is 0 Å². The summed E-state index contributed by atoms with van der Waals surface area (Å²) in [5, 5.41) is 11.0. The van der Waals surface area contributed by atoms with Crippen molar-refractivity contribution in [3.05, 3.63) is 87.0 Å². The van der Waals surface area contributed by atoms with Crippen molar-refractivity contribution in [1.29, 1.82) is 0 Å². The fourth-order valence-corrected chi connectivity index (χ4v) is 2.89. The van der Waals surface area contributed by atoms with Crippen LogP contribution in [0.3, 0.4) is 0 Å². The number of para-hydroxylation sites is 1. The van der Waals surface area contributed by atoms with Crippen LogP contribution in [-0.4, -0.2) is 17.8 Å². The number of hydrogen-bond donors (Lipinski definition) is 0. The first-order valence-corrected chi connectivity index (χ1v) is 7.92.